The summed E-state index contributed by atoms with van der Waals surface area (Å²) >= 11 is 5.79. The van der Waals surface area contributed by atoms with Crippen molar-refractivity contribution in [2.75, 3.05) is 11.9 Å². The van der Waals surface area contributed by atoms with E-state index in [4.69, 9.17) is 16.3 Å². The molecule has 0 radical (unpaired) electrons. The molecule has 0 saturated carbocycles. The fourth-order valence-electron chi connectivity index (χ4n) is 1.73. The molecule has 1 N–H and O–H groups in total. The van der Waals surface area contributed by atoms with Gasteiger partial charge in [-0.15, -0.1) is 0 Å². The number of hydrogen-bond acceptors (Lipinski definition) is 2. The number of nitrogens with one attached hydrogen (secondary N) is 1. The van der Waals surface area contributed by atoms with Crippen LogP contribution >= 0.6 is 11.6 Å². The van der Waals surface area contributed by atoms with Gasteiger partial charge < -0.3 is 10.1 Å². The maximum absolute atomic E-state index is 11.8. The molecule has 0 bridgehead atoms. The predicted octanol–water partition coefficient (Wildman–Crippen LogP) is 4.39. The lowest BCUT2D eigenvalue weighted by Crippen LogP contribution is -2.07. The second kappa shape index (κ2) is 7.50. The highest BCUT2D eigenvalue weighted by atomic mass is 35.5. The molecule has 0 heterocycles. The third kappa shape index (κ3) is 4.97. The number of halogens is 1. The Morgan fingerprint density at radius 1 is 1.14 bits per heavy atom. The van der Waals surface area contributed by atoms with E-state index < -0.39 is 0 Å². The Balaban J connectivity index is 1.93. The fraction of sp³-hybridized carbons (Fsp3) is 0.118. The molecule has 0 aliphatic rings. The van der Waals surface area contributed by atoms with Crippen LogP contribution in [0.25, 0.3) is 6.08 Å². The minimum absolute atomic E-state index is 0.189. The largest absolute Gasteiger partial charge is 0.494 e. The first kappa shape index (κ1) is 15.1. The zero-order chi connectivity index (χ0) is 15.1. The van der Waals surface area contributed by atoms with Gasteiger partial charge in [0, 0.05) is 16.8 Å². The van der Waals surface area contributed by atoms with Gasteiger partial charge in [0.1, 0.15) is 5.75 Å². The van der Waals surface area contributed by atoms with Crippen LogP contribution in [0.15, 0.2) is 54.6 Å². The third-order valence-electron chi connectivity index (χ3n) is 2.73. The summed E-state index contributed by atoms with van der Waals surface area (Å²) in [6.45, 7) is 2.58. The average Bonchev–Trinajstić information content (AvgIpc) is 2.49. The number of hydrogen-bond donors (Lipinski definition) is 1. The molecule has 21 heavy (non-hydrogen) atoms. The molecule has 1 amide bonds. The molecule has 0 saturated heterocycles. The molecule has 108 valence electrons. The molecule has 0 aliphatic carbocycles. The van der Waals surface area contributed by atoms with Crippen LogP contribution in [-0.2, 0) is 4.79 Å². The van der Waals surface area contributed by atoms with Gasteiger partial charge in [0.2, 0.25) is 5.91 Å². The number of rotatable bonds is 5. The molecule has 0 atom stereocenters. The normalized spacial score (nSPS) is 10.6. The van der Waals surface area contributed by atoms with Crippen LogP contribution in [-0.4, -0.2) is 12.5 Å². The summed E-state index contributed by atoms with van der Waals surface area (Å²) in [5, 5.41) is 3.40. The quantitative estimate of drug-likeness (QED) is 0.832. The van der Waals surface area contributed by atoms with Gasteiger partial charge >= 0.3 is 0 Å². The summed E-state index contributed by atoms with van der Waals surface area (Å²) in [4.78, 5) is 11.8. The van der Waals surface area contributed by atoms with Crippen LogP contribution in [0.2, 0.25) is 5.02 Å². The van der Waals surface area contributed by atoms with Crippen molar-refractivity contribution in [1.82, 2.24) is 0 Å². The molecule has 2 aromatic rings. The second-order valence-corrected chi connectivity index (χ2v) is 4.77. The van der Waals surface area contributed by atoms with Crippen LogP contribution in [0.1, 0.15) is 12.5 Å². The SMILES string of the molecule is CCOc1ccc(/C=C/C(=O)Nc2ccc(Cl)cc2)cc1. The molecule has 3 nitrogen and oxygen atoms in total. The van der Waals surface area contributed by atoms with Crippen LogP contribution < -0.4 is 10.1 Å². The minimum atomic E-state index is -0.189. The lowest BCUT2D eigenvalue weighted by molar-refractivity contribution is -0.111. The Hall–Kier alpha value is -2.26. The standard InChI is InChI=1S/C17H16ClNO2/c1-2-21-16-10-3-13(4-11-16)5-12-17(20)19-15-8-6-14(18)7-9-15/h3-12H,2H2,1H3,(H,19,20)/b12-5+. The van der Waals surface area contributed by atoms with Crippen molar-refractivity contribution in [3.8, 4) is 5.75 Å². The van der Waals surface area contributed by atoms with E-state index in [0.717, 1.165) is 11.3 Å². The van der Waals surface area contributed by atoms with Gasteiger partial charge in [-0.2, -0.15) is 0 Å². The van der Waals surface area contributed by atoms with Gasteiger partial charge in [0.15, 0.2) is 0 Å². The maximum atomic E-state index is 11.8. The number of carbonyl (C=O) groups is 1. The van der Waals surface area contributed by atoms with Gasteiger partial charge in [-0.05, 0) is 55.0 Å². The molecule has 0 aliphatic heterocycles. The highest BCUT2D eigenvalue weighted by Gasteiger charge is 1.98. The summed E-state index contributed by atoms with van der Waals surface area (Å²) < 4.78 is 5.36. The zero-order valence-electron chi connectivity index (χ0n) is 11.7. The molecule has 0 spiro atoms. The molecule has 0 aromatic heterocycles. The minimum Gasteiger partial charge on any atom is -0.494 e. The van der Waals surface area contributed by atoms with E-state index in [-0.39, 0.29) is 5.91 Å². The van der Waals surface area contributed by atoms with E-state index >= 15 is 0 Å². The summed E-state index contributed by atoms with van der Waals surface area (Å²) in [6, 6.07) is 14.5. The number of ether oxygens (including phenoxy) is 1. The molecule has 0 unspecified atom stereocenters. The number of amides is 1. The summed E-state index contributed by atoms with van der Waals surface area (Å²) in [5.74, 6) is 0.631. The van der Waals surface area contributed by atoms with Crippen LogP contribution in [0.4, 0.5) is 5.69 Å². The van der Waals surface area contributed by atoms with Gasteiger partial charge in [-0.3, -0.25) is 4.79 Å². The van der Waals surface area contributed by atoms with Gasteiger partial charge in [0.25, 0.3) is 0 Å². The number of benzene rings is 2. The van der Waals surface area contributed by atoms with Gasteiger partial charge in [-0.1, -0.05) is 23.7 Å². The van der Waals surface area contributed by atoms with Gasteiger partial charge in [0.05, 0.1) is 6.61 Å². The Bertz CT molecular complexity index is 618. The monoisotopic (exact) mass is 301 g/mol. The highest BCUT2D eigenvalue weighted by molar-refractivity contribution is 6.30. The summed E-state index contributed by atoms with van der Waals surface area (Å²) in [6.07, 6.45) is 3.24. The topological polar surface area (TPSA) is 38.3 Å². The van der Waals surface area contributed by atoms with E-state index in [9.17, 15) is 4.79 Å². The molecular weight excluding hydrogens is 286 g/mol. The lowest BCUT2D eigenvalue weighted by Gasteiger charge is -2.03. The van der Waals surface area contributed by atoms with Crippen LogP contribution in [0.3, 0.4) is 0 Å². The Morgan fingerprint density at radius 3 is 2.43 bits per heavy atom. The first-order valence-corrected chi connectivity index (χ1v) is 7.02. The van der Waals surface area contributed by atoms with Gasteiger partial charge in [-0.25, -0.2) is 0 Å². The van der Waals surface area contributed by atoms with Crippen molar-refractivity contribution in [1.29, 1.82) is 0 Å². The third-order valence-corrected chi connectivity index (χ3v) is 2.98. The first-order valence-electron chi connectivity index (χ1n) is 6.65. The molecule has 2 rings (SSSR count). The Kier molecular flexibility index (Phi) is 5.41. The molecule has 0 fully saturated rings. The van der Waals surface area contributed by atoms with Crippen molar-refractivity contribution >= 4 is 29.3 Å². The fourth-order valence-corrected chi connectivity index (χ4v) is 1.86. The number of carbonyl (C=O) groups excluding carboxylic acids is 1. The zero-order valence-corrected chi connectivity index (χ0v) is 12.4. The molecule has 4 heteroatoms. The van der Waals surface area contributed by atoms with Crippen LogP contribution in [0, 0.1) is 0 Å². The summed E-state index contributed by atoms with van der Waals surface area (Å²) in [5.41, 5.74) is 1.64. The van der Waals surface area contributed by atoms with Crippen molar-refractivity contribution in [3.05, 3.63) is 65.2 Å². The van der Waals surface area contributed by atoms with E-state index in [2.05, 4.69) is 5.32 Å². The van der Waals surface area contributed by atoms with E-state index in [1.807, 2.05) is 31.2 Å². The highest BCUT2D eigenvalue weighted by Crippen LogP contribution is 2.14. The van der Waals surface area contributed by atoms with E-state index in [0.29, 0.717) is 17.3 Å². The predicted molar refractivity (Wildman–Crippen MR) is 86.7 cm³/mol. The van der Waals surface area contributed by atoms with Crippen molar-refractivity contribution < 1.29 is 9.53 Å². The molecular formula is C17H16ClNO2. The Labute approximate surface area is 129 Å². The number of anilines is 1. The van der Waals surface area contributed by atoms with E-state index in [1.165, 1.54) is 6.08 Å². The maximum Gasteiger partial charge on any atom is 0.248 e. The second-order valence-electron chi connectivity index (χ2n) is 4.33. The smallest absolute Gasteiger partial charge is 0.248 e. The lowest BCUT2D eigenvalue weighted by atomic mass is 10.2. The molecule has 2 aromatic carbocycles. The van der Waals surface area contributed by atoms with Crippen LogP contribution in [0.5, 0.6) is 5.75 Å². The van der Waals surface area contributed by atoms with E-state index in [1.54, 1.807) is 30.3 Å². The average molecular weight is 302 g/mol. The van der Waals surface area contributed by atoms with Crippen molar-refractivity contribution in [3.63, 3.8) is 0 Å². The van der Waals surface area contributed by atoms with Crippen molar-refractivity contribution in [2.24, 2.45) is 0 Å². The van der Waals surface area contributed by atoms with Crippen molar-refractivity contribution in [2.45, 2.75) is 6.92 Å². The Morgan fingerprint density at radius 2 is 1.81 bits per heavy atom. The summed E-state index contributed by atoms with van der Waals surface area (Å²) in [7, 11) is 0. The first-order chi connectivity index (χ1) is 10.2.